The van der Waals surface area contributed by atoms with Crippen LogP contribution in [-0.4, -0.2) is 31.3 Å². The Bertz CT molecular complexity index is 481. The van der Waals surface area contributed by atoms with Gasteiger partial charge in [-0.2, -0.15) is 0 Å². The third kappa shape index (κ3) is 2.35. The highest BCUT2D eigenvalue weighted by Gasteiger charge is 2.32. The Morgan fingerprint density at radius 1 is 1.61 bits per heavy atom. The summed E-state index contributed by atoms with van der Waals surface area (Å²) in [6, 6.07) is 2.75. The van der Waals surface area contributed by atoms with E-state index >= 15 is 0 Å². The van der Waals surface area contributed by atoms with Gasteiger partial charge < -0.3 is 14.7 Å². The van der Waals surface area contributed by atoms with E-state index in [0.717, 1.165) is 0 Å². The summed E-state index contributed by atoms with van der Waals surface area (Å²) in [4.78, 5) is 13.3. The van der Waals surface area contributed by atoms with Gasteiger partial charge in [0.1, 0.15) is 11.6 Å². The molecule has 1 aliphatic rings. The third-order valence-electron chi connectivity index (χ3n) is 2.98. The number of aliphatic hydroxyl groups excluding tert-OH is 1. The minimum absolute atomic E-state index is 0.0520. The first kappa shape index (κ1) is 13.3. The monoisotopic (exact) mass is 317 g/mol. The molecular weight excluding hydrogens is 305 g/mol. The highest BCUT2D eigenvalue weighted by molar-refractivity contribution is 9.10. The molecule has 1 unspecified atom stereocenters. The van der Waals surface area contributed by atoms with E-state index in [2.05, 4.69) is 15.9 Å². The summed E-state index contributed by atoms with van der Waals surface area (Å²) in [6.07, 6.45) is 0.275. The summed E-state index contributed by atoms with van der Waals surface area (Å²) in [7, 11) is 1.47. The number of benzene rings is 1. The number of rotatable bonds is 3. The maximum absolute atomic E-state index is 13.6. The Morgan fingerprint density at radius 3 is 2.89 bits per heavy atom. The van der Waals surface area contributed by atoms with Crippen LogP contribution in [0.3, 0.4) is 0 Å². The Kier molecular flexibility index (Phi) is 3.87. The molecule has 1 aromatic carbocycles. The average molecular weight is 318 g/mol. The molecule has 1 atom stereocenters. The molecule has 1 aromatic rings. The normalized spacial score (nSPS) is 19.4. The summed E-state index contributed by atoms with van der Waals surface area (Å²) in [5.74, 6) is -0.260. The van der Waals surface area contributed by atoms with Crippen molar-refractivity contribution in [2.75, 3.05) is 25.2 Å². The van der Waals surface area contributed by atoms with Crippen molar-refractivity contribution in [2.45, 2.75) is 6.42 Å². The second-order valence-electron chi connectivity index (χ2n) is 4.20. The van der Waals surface area contributed by atoms with Crippen LogP contribution in [0.1, 0.15) is 6.42 Å². The van der Waals surface area contributed by atoms with Crippen LogP contribution in [0.15, 0.2) is 16.6 Å². The van der Waals surface area contributed by atoms with Crippen molar-refractivity contribution in [3.05, 3.63) is 22.4 Å². The van der Waals surface area contributed by atoms with Crippen LogP contribution >= 0.6 is 15.9 Å². The molecule has 0 aliphatic carbocycles. The predicted molar refractivity (Wildman–Crippen MR) is 68.2 cm³/mol. The lowest BCUT2D eigenvalue weighted by Gasteiger charge is -2.20. The van der Waals surface area contributed by atoms with Crippen LogP contribution in [0.5, 0.6) is 5.75 Å². The fourth-order valence-corrected chi connectivity index (χ4v) is 2.35. The Morgan fingerprint density at radius 2 is 2.33 bits per heavy atom. The molecule has 0 saturated carbocycles. The van der Waals surface area contributed by atoms with Crippen LogP contribution in [0.4, 0.5) is 10.1 Å². The molecule has 98 valence electrons. The van der Waals surface area contributed by atoms with Gasteiger partial charge in [0.2, 0.25) is 5.91 Å². The first-order valence-corrected chi connectivity index (χ1v) is 6.30. The molecule has 4 nitrogen and oxygen atoms in total. The zero-order valence-electron chi connectivity index (χ0n) is 9.82. The molecule has 0 radical (unpaired) electrons. The molecule has 1 N–H and O–H groups in total. The van der Waals surface area contributed by atoms with Crippen molar-refractivity contribution in [2.24, 2.45) is 5.92 Å². The fraction of sp³-hybridized carbons (Fsp3) is 0.417. The lowest BCUT2D eigenvalue weighted by Crippen LogP contribution is -2.25. The Balaban J connectivity index is 2.38. The zero-order valence-corrected chi connectivity index (χ0v) is 11.4. The van der Waals surface area contributed by atoms with Gasteiger partial charge in [0.25, 0.3) is 0 Å². The van der Waals surface area contributed by atoms with E-state index in [1.165, 1.54) is 24.1 Å². The van der Waals surface area contributed by atoms with E-state index in [1.807, 2.05) is 0 Å². The lowest BCUT2D eigenvalue weighted by atomic mass is 10.1. The SMILES string of the molecule is COc1cc(Br)c(F)cc1N1CC(CO)CC1=O. The van der Waals surface area contributed by atoms with Crippen LogP contribution in [-0.2, 0) is 4.79 Å². The number of carbonyl (C=O) groups excluding carboxylic acids is 1. The number of anilines is 1. The summed E-state index contributed by atoms with van der Waals surface area (Å²) in [5, 5.41) is 9.08. The number of halogens is 2. The van der Waals surface area contributed by atoms with Gasteiger partial charge in [-0.3, -0.25) is 4.79 Å². The lowest BCUT2D eigenvalue weighted by molar-refractivity contribution is -0.117. The van der Waals surface area contributed by atoms with Gasteiger partial charge >= 0.3 is 0 Å². The molecular formula is C12H13BrFNO3. The van der Waals surface area contributed by atoms with Gasteiger partial charge in [0, 0.05) is 31.6 Å². The molecule has 0 aromatic heterocycles. The van der Waals surface area contributed by atoms with Gasteiger partial charge in [-0.25, -0.2) is 4.39 Å². The maximum atomic E-state index is 13.6. The van der Waals surface area contributed by atoms with Gasteiger partial charge in [-0.15, -0.1) is 0 Å². The first-order chi connectivity index (χ1) is 8.56. The van der Waals surface area contributed by atoms with E-state index < -0.39 is 5.82 Å². The van der Waals surface area contributed by atoms with Gasteiger partial charge in [-0.05, 0) is 22.0 Å². The Hall–Kier alpha value is -1.14. The van der Waals surface area contributed by atoms with Crippen molar-refractivity contribution in [3.8, 4) is 5.75 Å². The largest absolute Gasteiger partial charge is 0.495 e. The third-order valence-corrected chi connectivity index (χ3v) is 3.58. The van der Waals surface area contributed by atoms with Gasteiger partial charge in [0.05, 0.1) is 17.3 Å². The number of hydrogen-bond donors (Lipinski definition) is 1. The number of amides is 1. The van der Waals surface area contributed by atoms with Crippen LogP contribution in [0.2, 0.25) is 0 Å². The smallest absolute Gasteiger partial charge is 0.227 e. The van der Waals surface area contributed by atoms with E-state index in [-0.39, 0.29) is 29.3 Å². The Labute approximate surface area is 112 Å². The minimum atomic E-state index is -0.453. The number of nitrogens with zero attached hydrogens (tertiary/aromatic N) is 1. The molecule has 1 saturated heterocycles. The molecule has 0 spiro atoms. The molecule has 1 aliphatic heterocycles. The summed E-state index contributed by atoms with van der Waals surface area (Å²) >= 11 is 3.07. The standard InChI is InChI=1S/C12H13BrFNO3/c1-18-11-3-8(13)9(14)4-10(11)15-5-7(6-16)2-12(15)17/h3-4,7,16H,2,5-6H2,1H3. The van der Waals surface area contributed by atoms with Crippen molar-refractivity contribution >= 4 is 27.5 Å². The van der Waals surface area contributed by atoms with E-state index in [1.54, 1.807) is 0 Å². The minimum Gasteiger partial charge on any atom is -0.495 e. The van der Waals surface area contributed by atoms with E-state index in [0.29, 0.717) is 18.0 Å². The molecule has 1 heterocycles. The predicted octanol–water partition coefficient (Wildman–Crippen LogP) is 1.94. The molecule has 0 bridgehead atoms. The molecule has 2 rings (SSSR count). The van der Waals surface area contributed by atoms with Crippen LogP contribution in [0.25, 0.3) is 0 Å². The van der Waals surface area contributed by atoms with Crippen molar-refractivity contribution in [1.82, 2.24) is 0 Å². The highest BCUT2D eigenvalue weighted by atomic mass is 79.9. The number of carbonyl (C=O) groups is 1. The van der Waals surface area contributed by atoms with Crippen molar-refractivity contribution in [1.29, 1.82) is 0 Å². The van der Waals surface area contributed by atoms with Crippen molar-refractivity contribution in [3.63, 3.8) is 0 Å². The topological polar surface area (TPSA) is 49.8 Å². The highest BCUT2D eigenvalue weighted by Crippen LogP contribution is 2.36. The second kappa shape index (κ2) is 5.24. The van der Waals surface area contributed by atoms with E-state index in [9.17, 15) is 9.18 Å². The second-order valence-corrected chi connectivity index (χ2v) is 5.05. The first-order valence-electron chi connectivity index (χ1n) is 5.51. The number of hydrogen-bond acceptors (Lipinski definition) is 3. The quantitative estimate of drug-likeness (QED) is 0.927. The van der Waals surface area contributed by atoms with Crippen LogP contribution < -0.4 is 9.64 Å². The summed E-state index contributed by atoms with van der Waals surface area (Å²) < 4.78 is 19.0. The number of ether oxygens (including phenoxy) is 1. The van der Waals surface area contributed by atoms with E-state index in [4.69, 9.17) is 9.84 Å². The molecule has 1 amide bonds. The molecule has 6 heteroatoms. The number of methoxy groups -OCH3 is 1. The number of aliphatic hydroxyl groups is 1. The average Bonchev–Trinajstić information content (AvgIpc) is 2.73. The van der Waals surface area contributed by atoms with Gasteiger partial charge in [-0.1, -0.05) is 0 Å². The summed E-state index contributed by atoms with van der Waals surface area (Å²) in [5.41, 5.74) is 0.402. The maximum Gasteiger partial charge on any atom is 0.227 e. The fourth-order valence-electron chi connectivity index (χ4n) is 2.03. The van der Waals surface area contributed by atoms with Gasteiger partial charge in [0.15, 0.2) is 0 Å². The summed E-state index contributed by atoms with van der Waals surface area (Å²) in [6.45, 7) is 0.330. The molecule has 18 heavy (non-hydrogen) atoms. The molecule has 1 fully saturated rings. The van der Waals surface area contributed by atoms with Crippen LogP contribution in [0, 0.1) is 11.7 Å². The van der Waals surface area contributed by atoms with Crippen molar-refractivity contribution < 1.29 is 19.0 Å². The zero-order chi connectivity index (χ0) is 13.3.